The van der Waals surface area contributed by atoms with Gasteiger partial charge in [0.15, 0.2) is 5.96 Å². The van der Waals surface area contributed by atoms with Gasteiger partial charge >= 0.3 is 0 Å². The predicted molar refractivity (Wildman–Crippen MR) is 106 cm³/mol. The first-order chi connectivity index (χ1) is 12.6. The van der Waals surface area contributed by atoms with Crippen molar-refractivity contribution in [2.24, 2.45) is 4.99 Å². The largest absolute Gasteiger partial charge is 0.494 e. The minimum absolute atomic E-state index is 0.250. The summed E-state index contributed by atoms with van der Waals surface area (Å²) in [5.74, 6) is 1.27. The number of aromatic nitrogens is 1. The quantitative estimate of drug-likeness (QED) is 0.396. The topological polar surface area (TPSA) is 58.5 Å². The van der Waals surface area contributed by atoms with E-state index in [-0.39, 0.29) is 5.82 Å². The van der Waals surface area contributed by atoms with Crippen LogP contribution in [-0.4, -0.2) is 30.6 Å². The number of guanidine groups is 1. The van der Waals surface area contributed by atoms with E-state index in [2.05, 4.69) is 27.5 Å². The van der Waals surface area contributed by atoms with Gasteiger partial charge in [-0.25, -0.2) is 14.4 Å². The predicted octanol–water partition coefficient (Wildman–Crippen LogP) is 3.81. The highest BCUT2D eigenvalue weighted by molar-refractivity contribution is 7.11. The molecule has 0 atom stereocenters. The molecule has 0 fully saturated rings. The van der Waals surface area contributed by atoms with Crippen molar-refractivity contribution in [2.75, 3.05) is 19.7 Å². The zero-order chi connectivity index (χ0) is 18.8. The third kappa shape index (κ3) is 7.00. The lowest BCUT2D eigenvalue weighted by Crippen LogP contribution is -2.37. The normalized spacial score (nSPS) is 11.5. The fourth-order valence-corrected chi connectivity index (χ4v) is 3.23. The highest BCUT2D eigenvalue weighted by atomic mass is 32.1. The van der Waals surface area contributed by atoms with Crippen LogP contribution in [-0.2, 0) is 6.54 Å². The number of unbranched alkanes of at least 4 members (excludes halogenated alkanes) is 1. The van der Waals surface area contributed by atoms with Crippen LogP contribution in [0.2, 0.25) is 0 Å². The molecule has 1 aromatic heterocycles. The molecule has 0 unspecified atom stereocenters. The number of rotatable bonds is 9. The van der Waals surface area contributed by atoms with Gasteiger partial charge in [0.25, 0.3) is 0 Å². The van der Waals surface area contributed by atoms with Crippen molar-refractivity contribution in [1.82, 2.24) is 15.6 Å². The molecule has 142 valence electrons. The summed E-state index contributed by atoms with van der Waals surface area (Å²) < 4.78 is 18.4. The zero-order valence-electron chi connectivity index (χ0n) is 15.6. The molecule has 2 N–H and O–H groups in total. The lowest BCUT2D eigenvalue weighted by molar-refractivity contribution is 0.306. The summed E-state index contributed by atoms with van der Waals surface area (Å²) in [4.78, 5) is 10.3. The molecule has 1 heterocycles. The number of halogens is 1. The Kier molecular flexibility index (Phi) is 8.34. The Balaban J connectivity index is 1.68. The Labute approximate surface area is 158 Å². The Morgan fingerprint density at radius 1 is 1.19 bits per heavy atom. The van der Waals surface area contributed by atoms with Crippen LogP contribution in [0.25, 0.3) is 0 Å². The molecule has 7 heteroatoms. The summed E-state index contributed by atoms with van der Waals surface area (Å²) in [5.41, 5.74) is 1.06. The summed E-state index contributed by atoms with van der Waals surface area (Å²) in [6.45, 7) is 8.98. The number of hydrogen-bond acceptors (Lipinski definition) is 4. The second kappa shape index (κ2) is 10.8. The summed E-state index contributed by atoms with van der Waals surface area (Å²) in [6, 6.07) is 6.10. The van der Waals surface area contributed by atoms with Gasteiger partial charge in [-0.15, -0.1) is 11.3 Å². The van der Waals surface area contributed by atoms with Gasteiger partial charge in [0.1, 0.15) is 11.6 Å². The highest BCUT2D eigenvalue weighted by Crippen LogP contribution is 2.17. The molecule has 5 nitrogen and oxygen atoms in total. The standard InChI is InChI=1S/C19H27FN4OS/c1-4-21-19(23-13-18-14(2)24-15(3)26-18)22-11-5-6-12-25-17-9-7-16(20)8-10-17/h7-10H,4-6,11-13H2,1-3H3,(H2,21,22,23). The maximum absolute atomic E-state index is 12.8. The Morgan fingerprint density at radius 3 is 2.62 bits per heavy atom. The van der Waals surface area contributed by atoms with Crippen molar-refractivity contribution >= 4 is 17.3 Å². The number of benzene rings is 1. The van der Waals surface area contributed by atoms with Gasteiger partial charge in [0, 0.05) is 18.0 Å². The van der Waals surface area contributed by atoms with Crippen LogP contribution in [0.1, 0.15) is 35.3 Å². The Hall–Kier alpha value is -2.15. The lowest BCUT2D eigenvalue weighted by Gasteiger charge is -2.11. The van der Waals surface area contributed by atoms with Gasteiger partial charge in [-0.05, 0) is 57.9 Å². The second-order valence-electron chi connectivity index (χ2n) is 5.87. The minimum Gasteiger partial charge on any atom is -0.494 e. The number of ether oxygens (including phenoxy) is 1. The maximum atomic E-state index is 12.8. The van der Waals surface area contributed by atoms with Gasteiger partial charge in [-0.3, -0.25) is 0 Å². The average Bonchev–Trinajstić information content (AvgIpc) is 2.94. The number of thiazole rings is 1. The zero-order valence-corrected chi connectivity index (χ0v) is 16.5. The van der Waals surface area contributed by atoms with Crippen LogP contribution in [0.15, 0.2) is 29.3 Å². The summed E-state index contributed by atoms with van der Waals surface area (Å²) >= 11 is 1.69. The molecule has 1 aromatic carbocycles. The average molecular weight is 379 g/mol. The van der Waals surface area contributed by atoms with Crippen LogP contribution >= 0.6 is 11.3 Å². The van der Waals surface area contributed by atoms with E-state index in [9.17, 15) is 4.39 Å². The molecule has 0 bridgehead atoms. The molecule has 0 aliphatic heterocycles. The molecule has 2 aromatic rings. The van der Waals surface area contributed by atoms with E-state index in [0.717, 1.165) is 42.6 Å². The van der Waals surface area contributed by atoms with E-state index in [1.54, 1.807) is 23.5 Å². The molecular weight excluding hydrogens is 351 g/mol. The highest BCUT2D eigenvalue weighted by Gasteiger charge is 2.04. The third-order valence-electron chi connectivity index (χ3n) is 3.67. The number of hydrogen-bond donors (Lipinski definition) is 2. The molecule has 0 radical (unpaired) electrons. The van der Waals surface area contributed by atoms with E-state index < -0.39 is 0 Å². The van der Waals surface area contributed by atoms with E-state index in [0.29, 0.717) is 18.9 Å². The van der Waals surface area contributed by atoms with Crippen LogP contribution in [0.4, 0.5) is 4.39 Å². The van der Waals surface area contributed by atoms with Crippen molar-refractivity contribution in [1.29, 1.82) is 0 Å². The molecule has 0 amide bonds. The first kappa shape index (κ1) is 20.2. The summed E-state index contributed by atoms with van der Waals surface area (Å²) in [7, 11) is 0. The molecule has 0 saturated heterocycles. The fraction of sp³-hybridized carbons (Fsp3) is 0.474. The van der Waals surface area contributed by atoms with Gasteiger partial charge in [0.2, 0.25) is 0 Å². The van der Waals surface area contributed by atoms with Crippen molar-refractivity contribution in [3.05, 3.63) is 45.7 Å². The molecule has 0 aliphatic carbocycles. The van der Waals surface area contributed by atoms with E-state index in [4.69, 9.17) is 4.74 Å². The third-order valence-corrected chi connectivity index (χ3v) is 4.73. The lowest BCUT2D eigenvalue weighted by atomic mass is 10.3. The Bertz CT molecular complexity index is 700. The Morgan fingerprint density at radius 2 is 1.96 bits per heavy atom. The molecule has 0 saturated carbocycles. The van der Waals surface area contributed by atoms with Gasteiger partial charge < -0.3 is 15.4 Å². The summed E-state index contributed by atoms with van der Waals surface area (Å²) in [6.07, 6.45) is 1.88. The van der Waals surface area contributed by atoms with Crippen molar-refractivity contribution in [3.8, 4) is 5.75 Å². The van der Waals surface area contributed by atoms with Crippen molar-refractivity contribution in [3.63, 3.8) is 0 Å². The first-order valence-electron chi connectivity index (χ1n) is 8.92. The van der Waals surface area contributed by atoms with Crippen LogP contribution in [0.5, 0.6) is 5.75 Å². The van der Waals surface area contributed by atoms with Gasteiger partial charge in [-0.2, -0.15) is 0 Å². The SMILES string of the molecule is CCNC(=NCc1sc(C)nc1C)NCCCCOc1ccc(F)cc1. The molecule has 26 heavy (non-hydrogen) atoms. The second-order valence-corrected chi connectivity index (χ2v) is 7.16. The van der Waals surface area contributed by atoms with Crippen molar-refractivity contribution in [2.45, 2.75) is 40.2 Å². The van der Waals surface area contributed by atoms with E-state index in [1.807, 2.05) is 13.8 Å². The molecule has 0 spiro atoms. The number of aryl methyl sites for hydroxylation is 2. The molecule has 0 aliphatic rings. The smallest absolute Gasteiger partial charge is 0.191 e. The summed E-state index contributed by atoms with van der Waals surface area (Å²) in [5, 5.41) is 7.67. The minimum atomic E-state index is -0.250. The molecular formula is C19H27FN4OS. The number of nitrogens with zero attached hydrogens (tertiary/aromatic N) is 2. The van der Waals surface area contributed by atoms with Crippen LogP contribution < -0.4 is 15.4 Å². The number of nitrogens with one attached hydrogen (secondary N) is 2. The number of aliphatic imine (C=N–C) groups is 1. The van der Waals surface area contributed by atoms with Crippen LogP contribution in [0.3, 0.4) is 0 Å². The van der Waals surface area contributed by atoms with Gasteiger partial charge in [0.05, 0.1) is 23.9 Å². The monoisotopic (exact) mass is 378 g/mol. The maximum Gasteiger partial charge on any atom is 0.191 e. The van der Waals surface area contributed by atoms with E-state index in [1.165, 1.54) is 17.0 Å². The first-order valence-corrected chi connectivity index (χ1v) is 9.73. The molecule has 2 rings (SSSR count). The fourth-order valence-electron chi connectivity index (χ4n) is 2.37. The van der Waals surface area contributed by atoms with Crippen molar-refractivity contribution < 1.29 is 9.13 Å². The van der Waals surface area contributed by atoms with E-state index >= 15 is 0 Å². The van der Waals surface area contributed by atoms with Gasteiger partial charge in [-0.1, -0.05) is 0 Å². The van der Waals surface area contributed by atoms with Crippen LogP contribution in [0, 0.1) is 19.7 Å².